The fourth-order valence-corrected chi connectivity index (χ4v) is 1.58. The van der Waals surface area contributed by atoms with Gasteiger partial charge in [0.05, 0.1) is 22.4 Å². The van der Waals surface area contributed by atoms with Gasteiger partial charge in [0.15, 0.2) is 0 Å². The van der Waals surface area contributed by atoms with Gasteiger partial charge in [0.2, 0.25) is 0 Å². The Hall–Kier alpha value is -2.44. The van der Waals surface area contributed by atoms with E-state index in [0.717, 1.165) is 0 Å². The third kappa shape index (κ3) is 2.07. The molecule has 0 radical (unpaired) electrons. The van der Waals surface area contributed by atoms with E-state index in [0.29, 0.717) is 17.9 Å². The number of anilines is 1. The Labute approximate surface area is 97.0 Å². The normalized spacial score (nSPS) is 10.4. The van der Waals surface area contributed by atoms with Gasteiger partial charge in [0.1, 0.15) is 5.82 Å². The molecule has 7 nitrogen and oxygen atoms in total. The molecule has 0 saturated carbocycles. The SMILES string of the molecule is CCn1nccc1-c1cc([N+](=O)[O-])cc(N)n1. The molecule has 88 valence electrons. The smallest absolute Gasteiger partial charge is 0.275 e. The van der Waals surface area contributed by atoms with Crippen molar-refractivity contribution in [3.05, 3.63) is 34.5 Å². The standard InChI is InChI=1S/C10H11N5O2/c1-2-14-9(3-4-12-14)8-5-7(15(16)17)6-10(11)13-8/h3-6H,2H2,1H3,(H2,11,13). The molecule has 0 saturated heterocycles. The number of hydrogen-bond acceptors (Lipinski definition) is 5. The van der Waals surface area contributed by atoms with Crippen molar-refractivity contribution in [2.45, 2.75) is 13.5 Å². The van der Waals surface area contributed by atoms with Crippen LogP contribution in [0.1, 0.15) is 6.92 Å². The molecule has 2 N–H and O–H groups in total. The molecule has 2 rings (SSSR count). The van der Waals surface area contributed by atoms with E-state index in [-0.39, 0.29) is 11.5 Å². The molecule has 2 aromatic heterocycles. The number of nitrogens with two attached hydrogens (primary N) is 1. The van der Waals surface area contributed by atoms with Gasteiger partial charge in [-0.15, -0.1) is 0 Å². The molecule has 17 heavy (non-hydrogen) atoms. The summed E-state index contributed by atoms with van der Waals surface area (Å²) < 4.78 is 1.70. The Bertz CT molecular complexity index is 564. The molecule has 2 aromatic rings. The van der Waals surface area contributed by atoms with Crippen LogP contribution in [0, 0.1) is 10.1 Å². The largest absolute Gasteiger partial charge is 0.383 e. The third-order valence-electron chi connectivity index (χ3n) is 2.32. The van der Waals surface area contributed by atoms with Crippen molar-refractivity contribution in [1.29, 1.82) is 0 Å². The van der Waals surface area contributed by atoms with Crippen molar-refractivity contribution >= 4 is 11.5 Å². The molecule has 0 spiro atoms. The minimum atomic E-state index is -0.492. The molecular weight excluding hydrogens is 222 g/mol. The zero-order valence-electron chi connectivity index (χ0n) is 9.20. The van der Waals surface area contributed by atoms with Crippen molar-refractivity contribution in [3.8, 4) is 11.4 Å². The van der Waals surface area contributed by atoms with E-state index in [9.17, 15) is 10.1 Å². The zero-order chi connectivity index (χ0) is 12.4. The summed E-state index contributed by atoms with van der Waals surface area (Å²) in [7, 11) is 0. The Kier molecular flexibility index (Phi) is 2.73. The van der Waals surface area contributed by atoms with Crippen molar-refractivity contribution in [3.63, 3.8) is 0 Å². The highest BCUT2D eigenvalue weighted by atomic mass is 16.6. The van der Waals surface area contributed by atoms with Gasteiger partial charge in [-0.3, -0.25) is 14.8 Å². The van der Waals surface area contributed by atoms with Crippen molar-refractivity contribution in [2.24, 2.45) is 0 Å². The molecule has 0 aromatic carbocycles. The predicted molar refractivity (Wildman–Crippen MR) is 62.2 cm³/mol. The van der Waals surface area contributed by atoms with Gasteiger partial charge in [-0.2, -0.15) is 5.10 Å². The van der Waals surface area contributed by atoms with Crippen LogP contribution in [-0.2, 0) is 6.54 Å². The molecule has 0 bridgehead atoms. The van der Waals surface area contributed by atoms with Crippen molar-refractivity contribution in [2.75, 3.05) is 5.73 Å². The molecule has 7 heteroatoms. The van der Waals surface area contributed by atoms with Crippen LogP contribution >= 0.6 is 0 Å². The summed E-state index contributed by atoms with van der Waals surface area (Å²) in [5.74, 6) is 0.123. The predicted octanol–water partition coefficient (Wildman–Crippen LogP) is 1.46. The second-order valence-corrected chi connectivity index (χ2v) is 3.42. The molecule has 0 aliphatic rings. The summed E-state index contributed by atoms with van der Waals surface area (Å²) in [5, 5.41) is 14.8. The number of nitro groups is 1. The maximum Gasteiger partial charge on any atom is 0.275 e. The lowest BCUT2D eigenvalue weighted by atomic mass is 10.2. The lowest BCUT2D eigenvalue weighted by Crippen LogP contribution is -2.02. The number of rotatable bonds is 3. The highest BCUT2D eigenvalue weighted by Crippen LogP contribution is 2.23. The summed E-state index contributed by atoms with van der Waals surface area (Å²) in [6.07, 6.45) is 1.62. The van der Waals surface area contributed by atoms with Gasteiger partial charge < -0.3 is 5.73 Å². The second kappa shape index (κ2) is 4.20. The first-order valence-electron chi connectivity index (χ1n) is 5.06. The van der Waals surface area contributed by atoms with Crippen molar-refractivity contribution < 1.29 is 4.92 Å². The number of nitrogens with zero attached hydrogens (tertiary/aromatic N) is 4. The van der Waals surface area contributed by atoms with E-state index < -0.39 is 4.92 Å². The van der Waals surface area contributed by atoms with Crippen LogP contribution in [0.3, 0.4) is 0 Å². The molecule has 2 heterocycles. The van der Waals surface area contributed by atoms with E-state index in [4.69, 9.17) is 5.73 Å². The number of hydrogen-bond donors (Lipinski definition) is 1. The molecule has 0 aliphatic heterocycles. The van der Waals surface area contributed by atoms with E-state index in [2.05, 4.69) is 10.1 Å². The topological polar surface area (TPSA) is 99.9 Å². The van der Waals surface area contributed by atoms with Crippen LogP contribution in [0.15, 0.2) is 24.4 Å². The minimum absolute atomic E-state index is 0.0728. The van der Waals surface area contributed by atoms with Crippen LogP contribution in [0.2, 0.25) is 0 Å². The monoisotopic (exact) mass is 233 g/mol. The van der Waals surface area contributed by atoms with Crippen LogP contribution in [-0.4, -0.2) is 19.7 Å². The van der Waals surface area contributed by atoms with Crippen LogP contribution < -0.4 is 5.73 Å². The highest BCUT2D eigenvalue weighted by Gasteiger charge is 2.13. The van der Waals surface area contributed by atoms with Crippen molar-refractivity contribution in [1.82, 2.24) is 14.8 Å². The summed E-state index contributed by atoms with van der Waals surface area (Å²) in [6.45, 7) is 2.59. The van der Waals surface area contributed by atoms with Crippen LogP contribution in [0.5, 0.6) is 0 Å². The van der Waals surface area contributed by atoms with Gasteiger partial charge >= 0.3 is 0 Å². The number of nitrogen functional groups attached to an aromatic ring is 1. The molecular formula is C10H11N5O2. The van der Waals surface area contributed by atoms with Crippen LogP contribution in [0.4, 0.5) is 11.5 Å². The minimum Gasteiger partial charge on any atom is -0.383 e. The summed E-state index contributed by atoms with van der Waals surface area (Å²) >= 11 is 0. The van der Waals surface area contributed by atoms with E-state index in [1.165, 1.54) is 12.1 Å². The maximum absolute atomic E-state index is 10.7. The quantitative estimate of drug-likeness (QED) is 0.638. The Morgan fingerprint density at radius 3 is 2.94 bits per heavy atom. The first-order valence-corrected chi connectivity index (χ1v) is 5.06. The van der Waals surface area contributed by atoms with Gasteiger partial charge in [-0.1, -0.05) is 0 Å². The summed E-state index contributed by atoms with van der Waals surface area (Å²) in [4.78, 5) is 14.3. The third-order valence-corrected chi connectivity index (χ3v) is 2.32. The maximum atomic E-state index is 10.7. The van der Waals surface area contributed by atoms with E-state index in [1.807, 2.05) is 6.92 Å². The molecule has 0 amide bonds. The summed E-state index contributed by atoms with van der Waals surface area (Å²) in [6, 6.07) is 4.37. The molecule has 0 atom stereocenters. The average Bonchev–Trinajstić information content (AvgIpc) is 2.76. The van der Waals surface area contributed by atoms with Gasteiger partial charge in [0.25, 0.3) is 5.69 Å². The first-order chi connectivity index (χ1) is 8.11. The number of aromatic nitrogens is 3. The van der Waals surface area contributed by atoms with Gasteiger partial charge in [0, 0.05) is 18.8 Å². The summed E-state index contributed by atoms with van der Waals surface area (Å²) in [5.41, 5.74) is 6.64. The lowest BCUT2D eigenvalue weighted by molar-refractivity contribution is -0.384. The fourth-order valence-electron chi connectivity index (χ4n) is 1.58. The second-order valence-electron chi connectivity index (χ2n) is 3.42. The number of aryl methyl sites for hydroxylation is 1. The van der Waals surface area contributed by atoms with E-state index in [1.54, 1.807) is 16.9 Å². The Balaban J connectivity index is 2.56. The van der Waals surface area contributed by atoms with E-state index >= 15 is 0 Å². The van der Waals surface area contributed by atoms with Gasteiger partial charge in [-0.05, 0) is 13.0 Å². The average molecular weight is 233 g/mol. The Morgan fingerprint density at radius 1 is 1.53 bits per heavy atom. The fraction of sp³-hybridized carbons (Fsp3) is 0.200. The highest BCUT2D eigenvalue weighted by molar-refractivity contribution is 5.61. The van der Waals surface area contributed by atoms with Crippen LogP contribution in [0.25, 0.3) is 11.4 Å². The first kappa shape index (κ1) is 11.1. The lowest BCUT2D eigenvalue weighted by Gasteiger charge is -2.04. The van der Waals surface area contributed by atoms with Gasteiger partial charge in [-0.25, -0.2) is 4.98 Å². The molecule has 0 aliphatic carbocycles. The number of pyridine rings is 1. The molecule has 0 fully saturated rings. The zero-order valence-corrected chi connectivity index (χ0v) is 9.20. The molecule has 0 unspecified atom stereocenters. The Morgan fingerprint density at radius 2 is 2.29 bits per heavy atom.